The summed E-state index contributed by atoms with van der Waals surface area (Å²) in [6, 6.07) is 4.67. The van der Waals surface area contributed by atoms with E-state index in [-0.39, 0.29) is 33.4 Å². The minimum Gasteiger partial charge on any atom is -0.504 e. The number of likely N-dealkylation sites (tertiary alicyclic amines) is 1. The van der Waals surface area contributed by atoms with Crippen molar-refractivity contribution in [3.63, 3.8) is 0 Å². The standard InChI is InChI=1S/C30H43NO3/c1-26(2,3)27(4,5)21-16-28-11-12-30(21,33-6)25-29(28)13-14-31(17-18-7-8-18)22(28)15-19-9-10-20(32)24(34-25)23(19)29/h9-10,18,21-22,25,32H,7-8,11-17H2,1-6H3/t21-,22-,25-,28-,29+,30-/m1/s1. The van der Waals surface area contributed by atoms with E-state index in [4.69, 9.17) is 9.47 Å². The first-order valence-electron chi connectivity index (χ1n) is 13.8. The molecule has 8 rings (SSSR count). The average Bonchev–Trinajstić information content (AvgIpc) is 3.53. The fourth-order valence-electron chi connectivity index (χ4n) is 9.77. The number of methoxy groups -OCH3 is 1. The van der Waals surface area contributed by atoms with E-state index in [9.17, 15) is 5.11 Å². The minimum atomic E-state index is -0.318. The quantitative estimate of drug-likeness (QED) is 0.620. The van der Waals surface area contributed by atoms with Gasteiger partial charge in [-0.15, -0.1) is 0 Å². The number of aromatic hydroxyl groups is 1. The Labute approximate surface area is 205 Å². The first-order chi connectivity index (χ1) is 16.0. The average molecular weight is 466 g/mol. The fraction of sp³-hybridized carbons (Fsp3) is 0.800. The van der Waals surface area contributed by atoms with Crippen molar-refractivity contribution < 1.29 is 14.6 Å². The Morgan fingerprint density at radius 2 is 1.88 bits per heavy atom. The van der Waals surface area contributed by atoms with E-state index >= 15 is 0 Å². The second-order valence-electron chi connectivity index (χ2n) is 14.4. The van der Waals surface area contributed by atoms with Gasteiger partial charge in [0.05, 0.1) is 0 Å². The summed E-state index contributed by atoms with van der Waals surface area (Å²) < 4.78 is 13.7. The van der Waals surface area contributed by atoms with E-state index in [1.807, 2.05) is 13.2 Å². The third-order valence-electron chi connectivity index (χ3n) is 12.5. The molecule has 7 aliphatic rings. The van der Waals surface area contributed by atoms with Crippen LogP contribution in [0, 0.1) is 28.1 Å². The number of phenols is 1. The highest BCUT2D eigenvalue weighted by Crippen LogP contribution is 2.78. The Balaban J connectivity index is 1.47. The van der Waals surface area contributed by atoms with Gasteiger partial charge < -0.3 is 14.6 Å². The smallest absolute Gasteiger partial charge is 0.165 e. The van der Waals surface area contributed by atoms with Crippen LogP contribution in [0.5, 0.6) is 11.5 Å². The van der Waals surface area contributed by atoms with Gasteiger partial charge in [0.25, 0.3) is 0 Å². The molecule has 1 saturated heterocycles. The van der Waals surface area contributed by atoms with Gasteiger partial charge in [-0.25, -0.2) is 0 Å². The molecule has 4 heteroatoms. The van der Waals surface area contributed by atoms with Crippen molar-refractivity contribution in [2.24, 2.45) is 28.1 Å². The summed E-state index contributed by atoms with van der Waals surface area (Å²) >= 11 is 0. The maximum Gasteiger partial charge on any atom is 0.165 e. The summed E-state index contributed by atoms with van der Waals surface area (Å²) in [7, 11) is 1.94. The number of hydrogen-bond acceptors (Lipinski definition) is 4. The van der Waals surface area contributed by atoms with Gasteiger partial charge in [0.2, 0.25) is 0 Å². The predicted molar refractivity (Wildman–Crippen MR) is 133 cm³/mol. The van der Waals surface area contributed by atoms with Crippen LogP contribution in [0.25, 0.3) is 0 Å². The van der Waals surface area contributed by atoms with Crippen LogP contribution in [0.2, 0.25) is 0 Å². The molecule has 5 fully saturated rings. The molecular formula is C30H43NO3. The van der Waals surface area contributed by atoms with Crippen LogP contribution in [-0.2, 0) is 16.6 Å². The molecule has 5 aliphatic carbocycles. The molecule has 0 amide bonds. The molecule has 4 saturated carbocycles. The van der Waals surface area contributed by atoms with E-state index in [1.54, 1.807) is 0 Å². The third-order valence-corrected chi connectivity index (χ3v) is 12.5. The second kappa shape index (κ2) is 6.35. The van der Waals surface area contributed by atoms with Gasteiger partial charge in [0.15, 0.2) is 11.5 Å². The molecule has 186 valence electrons. The predicted octanol–water partition coefficient (Wildman–Crippen LogP) is 5.69. The van der Waals surface area contributed by atoms with Crippen LogP contribution in [-0.4, -0.2) is 48.0 Å². The lowest BCUT2D eigenvalue weighted by molar-refractivity contribution is -0.300. The van der Waals surface area contributed by atoms with Crippen molar-refractivity contribution >= 4 is 0 Å². The van der Waals surface area contributed by atoms with Crippen molar-refractivity contribution in [2.75, 3.05) is 20.2 Å². The lowest BCUT2D eigenvalue weighted by atomic mass is 9.32. The van der Waals surface area contributed by atoms with E-state index < -0.39 is 0 Å². The summed E-state index contributed by atoms with van der Waals surface area (Å²) in [5.41, 5.74) is 2.89. The molecule has 4 bridgehead atoms. The van der Waals surface area contributed by atoms with Gasteiger partial charge in [-0.3, -0.25) is 4.90 Å². The fourth-order valence-corrected chi connectivity index (χ4v) is 9.77. The van der Waals surface area contributed by atoms with Crippen LogP contribution in [0.3, 0.4) is 0 Å². The highest BCUT2D eigenvalue weighted by molar-refractivity contribution is 5.63. The van der Waals surface area contributed by atoms with Crippen LogP contribution in [0.1, 0.15) is 84.3 Å². The Hall–Kier alpha value is -1.26. The molecule has 0 unspecified atom stereocenters. The third kappa shape index (κ3) is 2.26. The zero-order chi connectivity index (χ0) is 23.9. The van der Waals surface area contributed by atoms with Crippen molar-refractivity contribution in [1.29, 1.82) is 0 Å². The molecule has 2 spiro atoms. The lowest BCUT2D eigenvalue weighted by Crippen LogP contribution is -2.82. The molecule has 6 atom stereocenters. The molecule has 2 heterocycles. The monoisotopic (exact) mass is 465 g/mol. The Kier molecular flexibility index (Phi) is 4.10. The van der Waals surface area contributed by atoms with Gasteiger partial charge in [-0.1, -0.05) is 40.7 Å². The number of benzene rings is 1. The molecular weight excluding hydrogens is 422 g/mol. The highest BCUT2D eigenvalue weighted by atomic mass is 16.6. The van der Waals surface area contributed by atoms with Gasteiger partial charge in [0.1, 0.15) is 11.7 Å². The molecule has 0 radical (unpaired) electrons. The summed E-state index contributed by atoms with van der Waals surface area (Å²) in [5.74, 6) is 2.44. The lowest BCUT2D eigenvalue weighted by Gasteiger charge is -2.76. The number of ether oxygens (including phenoxy) is 2. The van der Waals surface area contributed by atoms with Crippen molar-refractivity contribution in [3.05, 3.63) is 23.3 Å². The zero-order valence-electron chi connectivity index (χ0n) is 22.0. The first kappa shape index (κ1) is 22.0. The maximum absolute atomic E-state index is 11.0. The molecule has 34 heavy (non-hydrogen) atoms. The largest absolute Gasteiger partial charge is 0.504 e. The number of nitrogens with zero attached hydrogens (tertiary/aromatic N) is 1. The Bertz CT molecular complexity index is 1050. The molecule has 0 aromatic heterocycles. The van der Waals surface area contributed by atoms with E-state index in [2.05, 4.69) is 45.6 Å². The van der Waals surface area contributed by atoms with E-state index in [0.29, 0.717) is 17.7 Å². The van der Waals surface area contributed by atoms with Crippen molar-refractivity contribution in [2.45, 2.75) is 103 Å². The Morgan fingerprint density at radius 3 is 2.56 bits per heavy atom. The summed E-state index contributed by atoms with van der Waals surface area (Å²) in [4.78, 5) is 2.90. The molecule has 1 N–H and O–H groups in total. The number of phenolic OH excluding ortho intramolecular Hbond substituents is 1. The van der Waals surface area contributed by atoms with Crippen LogP contribution in [0.4, 0.5) is 0 Å². The number of rotatable bonds is 4. The zero-order valence-corrected chi connectivity index (χ0v) is 22.0. The van der Waals surface area contributed by atoms with Crippen LogP contribution < -0.4 is 4.74 Å². The minimum absolute atomic E-state index is 0.00736. The first-order valence-corrected chi connectivity index (χ1v) is 13.8. The van der Waals surface area contributed by atoms with E-state index in [0.717, 1.165) is 37.5 Å². The molecule has 1 aromatic carbocycles. The summed E-state index contributed by atoms with van der Waals surface area (Å²) in [6.07, 6.45) is 8.56. The molecule has 2 aliphatic heterocycles. The summed E-state index contributed by atoms with van der Waals surface area (Å²) in [5, 5.41) is 11.0. The highest BCUT2D eigenvalue weighted by Gasteiger charge is 2.82. The number of fused-ring (bicyclic) bond motifs is 2. The number of hydrogen-bond donors (Lipinski definition) is 1. The SMILES string of the molecule is CO[C@]12CC[C@@]3(C[C@@H]1C(C)(C)C(C)(C)C)[C@H]1Cc4ccc(O)c5c4[C@@]3(CCN1CC1CC1)[C@H]2O5. The van der Waals surface area contributed by atoms with Crippen LogP contribution in [0.15, 0.2) is 12.1 Å². The van der Waals surface area contributed by atoms with Gasteiger partial charge in [0, 0.05) is 36.1 Å². The Morgan fingerprint density at radius 1 is 1.12 bits per heavy atom. The molecule has 1 aromatic rings. The van der Waals surface area contributed by atoms with Crippen LogP contribution >= 0.6 is 0 Å². The van der Waals surface area contributed by atoms with Crippen molar-refractivity contribution in [1.82, 2.24) is 4.90 Å². The normalized spacial score (nSPS) is 42.5. The summed E-state index contributed by atoms with van der Waals surface area (Å²) in [6.45, 7) is 14.6. The second-order valence-corrected chi connectivity index (χ2v) is 14.4. The topological polar surface area (TPSA) is 41.9 Å². The number of piperidine rings is 1. The van der Waals surface area contributed by atoms with Gasteiger partial charge >= 0.3 is 0 Å². The van der Waals surface area contributed by atoms with E-state index in [1.165, 1.54) is 43.4 Å². The van der Waals surface area contributed by atoms with Gasteiger partial charge in [-0.05, 0) is 85.8 Å². The van der Waals surface area contributed by atoms with Gasteiger partial charge in [-0.2, -0.15) is 0 Å². The molecule has 4 nitrogen and oxygen atoms in total. The van der Waals surface area contributed by atoms with Crippen molar-refractivity contribution in [3.8, 4) is 11.5 Å². The maximum atomic E-state index is 11.0.